The lowest BCUT2D eigenvalue weighted by molar-refractivity contribution is 0.102. The highest BCUT2D eigenvalue weighted by Gasteiger charge is 2.10. The zero-order valence-corrected chi connectivity index (χ0v) is 13.0. The fraction of sp³-hybridized carbons (Fsp3) is 0. The van der Waals surface area contributed by atoms with Crippen LogP contribution in [0, 0.1) is 3.57 Å². The largest absolute Gasteiger partial charge is 0.399 e. The molecule has 0 saturated heterocycles. The molecule has 2 rings (SSSR count). The van der Waals surface area contributed by atoms with Crippen molar-refractivity contribution in [3.05, 3.63) is 56.1 Å². The van der Waals surface area contributed by atoms with Gasteiger partial charge in [-0.3, -0.25) is 4.79 Å². The van der Waals surface area contributed by atoms with Crippen molar-refractivity contribution >= 4 is 55.8 Å². The summed E-state index contributed by atoms with van der Waals surface area (Å²) in [6.07, 6.45) is 0. The van der Waals surface area contributed by atoms with E-state index in [0.29, 0.717) is 11.3 Å². The molecule has 0 aromatic heterocycles. The number of halogens is 2. The molecule has 0 radical (unpaired) electrons. The molecule has 0 fully saturated rings. The van der Waals surface area contributed by atoms with E-state index in [-0.39, 0.29) is 5.91 Å². The van der Waals surface area contributed by atoms with E-state index in [9.17, 15) is 4.79 Å². The van der Waals surface area contributed by atoms with E-state index in [1.54, 1.807) is 18.2 Å². The number of rotatable bonds is 2. The minimum absolute atomic E-state index is 0.184. The van der Waals surface area contributed by atoms with E-state index >= 15 is 0 Å². The third kappa shape index (κ3) is 3.23. The number of nitrogens with one attached hydrogen (secondary N) is 1. The van der Waals surface area contributed by atoms with Gasteiger partial charge in [-0.1, -0.05) is 6.07 Å². The molecule has 0 aliphatic carbocycles. The Balaban J connectivity index is 2.24. The van der Waals surface area contributed by atoms with Gasteiger partial charge in [-0.05, 0) is 74.9 Å². The predicted molar refractivity (Wildman–Crippen MR) is 85.7 cm³/mol. The minimum atomic E-state index is -0.184. The summed E-state index contributed by atoms with van der Waals surface area (Å²) in [4.78, 5) is 12.1. The lowest BCUT2D eigenvalue weighted by Gasteiger charge is -2.08. The maximum Gasteiger partial charge on any atom is 0.256 e. The van der Waals surface area contributed by atoms with Gasteiger partial charge in [0.25, 0.3) is 5.91 Å². The first-order valence-electron chi connectivity index (χ1n) is 5.18. The maximum atomic E-state index is 12.1. The van der Waals surface area contributed by atoms with Gasteiger partial charge in [0.05, 0.1) is 5.56 Å². The number of benzene rings is 2. The molecule has 92 valence electrons. The first-order valence-corrected chi connectivity index (χ1v) is 7.05. The number of nitrogens with two attached hydrogens (primary N) is 1. The molecule has 3 N–H and O–H groups in total. The van der Waals surface area contributed by atoms with Crippen molar-refractivity contribution in [2.24, 2.45) is 0 Å². The third-order valence-electron chi connectivity index (χ3n) is 2.32. The molecule has 5 heteroatoms. The molecule has 0 unspecified atom stereocenters. The zero-order chi connectivity index (χ0) is 13.1. The molecular weight excluding hydrogens is 407 g/mol. The van der Waals surface area contributed by atoms with Crippen molar-refractivity contribution in [2.75, 3.05) is 11.1 Å². The molecule has 0 atom stereocenters. The highest BCUT2D eigenvalue weighted by molar-refractivity contribution is 14.1. The fourth-order valence-electron chi connectivity index (χ4n) is 1.48. The number of carbonyl (C=O) groups is 1. The van der Waals surface area contributed by atoms with E-state index in [0.717, 1.165) is 13.7 Å². The lowest BCUT2D eigenvalue weighted by Crippen LogP contribution is -2.13. The van der Waals surface area contributed by atoms with Crippen LogP contribution in [0.1, 0.15) is 10.4 Å². The van der Waals surface area contributed by atoms with Crippen molar-refractivity contribution in [1.82, 2.24) is 0 Å². The Kier molecular flexibility index (Phi) is 4.23. The van der Waals surface area contributed by atoms with Gasteiger partial charge in [-0.2, -0.15) is 0 Å². The third-order valence-corrected chi connectivity index (χ3v) is 3.68. The summed E-state index contributed by atoms with van der Waals surface area (Å²) in [7, 11) is 0. The first kappa shape index (κ1) is 13.4. The first-order chi connectivity index (χ1) is 8.56. The van der Waals surface area contributed by atoms with Gasteiger partial charge in [-0.25, -0.2) is 0 Å². The van der Waals surface area contributed by atoms with Gasteiger partial charge >= 0.3 is 0 Å². The standard InChI is InChI=1S/C13H10BrIN2O/c14-12-5-4-9(16)7-11(12)13(18)17-10-3-1-2-8(15)6-10/h1-7H,16H2,(H,17,18). The molecule has 3 nitrogen and oxygen atoms in total. The van der Waals surface area contributed by atoms with E-state index < -0.39 is 0 Å². The lowest BCUT2D eigenvalue weighted by atomic mass is 10.2. The smallest absolute Gasteiger partial charge is 0.256 e. The molecule has 2 aromatic carbocycles. The molecule has 2 aromatic rings. The monoisotopic (exact) mass is 416 g/mol. The van der Waals surface area contributed by atoms with Crippen LogP contribution in [-0.4, -0.2) is 5.91 Å². The quantitative estimate of drug-likeness (QED) is 0.576. The molecule has 0 aliphatic rings. The van der Waals surface area contributed by atoms with Crippen LogP contribution >= 0.6 is 38.5 Å². The molecule has 18 heavy (non-hydrogen) atoms. The molecule has 0 spiro atoms. The van der Waals surface area contributed by atoms with Gasteiger partial charge in [0.15, 0.2) is 0 Å². The summed E-state index contributed by atoms with van der Waals surface area (Å²) in [6, 6.07) is 12.8. The van der Waals surface area contributed by atoms with Crippen LogP contribution in [0.25, 0.3) is 0 Å². The summed E-state index contributed by atoms with van der Waals surface area (Å²) in [5.74, 6) is -0.184. The number of hydrogen-bond donors (Lipinski definition) is 2. The van der Waals surface area contributed by atoms with Crippen LogP contribution < -0.4 is 11.1 Å². The molecule has 0 bridgehead atoms. The SMILES string of the molecule is Nc1ccc(Br)c(C(=O)Nc2cccc(I)c2)c1. The summed E-state index contributed by atoms with van der Waals surface area (Å²) >= 11 is 5.54. The molecular formula is C13H10BrIN2O. The van der Waals surface area contributed by atoms with Crippen molar-refractivity contribution in [2.45, 2.75) is 0 Å². The van der Waals surface area contributed by atoms with E-state index in [1.165, 1.54) is 0 Å². The van der Waals surface area contributed by atoms with Gasteiger partial charge in [0.1, 0.15) is 0 Å². The van der Waals surface area contributed by atoms with E-state index in [2.05, 4.69) is 43.8 Å². The number of nitrogen functional groups attached to an aromatic ring is 1. The number of hydrogen-bond acceptors (Lipinski definition) is 2. The topological polar surface area (TPSA) is 55.1 Å². The highest BCUT2D eigenvalue weighted by atomic mass is 127. The second kappa shape index (κ2) is 5.71. The van der Waals surface area contributed by atoms with Crippen LogP contribution in [0.3, 0.4) is 0 Å². The van der Waals surface area contributed by atoms with Gasteiger partial charge in [0, 0.05) is 19.4 Å². The minimum Gasteiger partial charge on any atom is -0.399 e. The Bertz CT molecular complexity index is 601. The van der Waals surface area contributed by atoms with Crippen LogP contribution in [0.2, 0.25) is 0 Å². The fourth-order valence-corrected chi connectivity index (χ4v) is 2.45. The average molecular weight is 417 g/mol. The summed E-state index contributed by atoms with van der Waals surface area (Å²) in [5.41, 5.74) is 7.53. The molecule has 0 saturated carbocycles. The normalized spacial score (nSPS) is 10.1. The highest BCUT2D eigenvalue weighted by Crippen LogP contribution is 2.21. The zero-order valence-electron chi connectivity index (χ0n) is 9.28. The van der Waals surface area contributed by atoms with Crippen molar-refractivity contribution in [3.63, 3.8) is 0 Å². The Hall–Kier alpha value is -1.08. The average Bonchev–Trinajstić information content (AvgIpc) is 2.32. The van der Waals surface area contributed by atoms with Crippen molar-refractivity contribution in [3.8, 4) is 0 Å². The van der Waals surface area contributed by atoms with Crippen molar-refractivity contribution < 1.29 is 4.79 Å². The van der Waals surface area contributed by atoms with E-state index in [4.69, 9.17) is 5.73 Å². The maximum absolute atomic E-state index is 12.1. The van der Waals surface area contributed by atoms with Gasteiger partial charge in [-0.15, -0.1) is 0 Å². The Morgan fingerprint density at radius 3 is 2.72 bits per heavy atom. The van der Waals surface area contributed by atoms with Crippen LogP contribution in [0.15, 0.2) is 46.9 Å². The molecule has 1 amide bonds. The number of amides is 1. The summed E-state index contributed by atoms with van der Waals surface area (Å²) in [6.45, 7) is 0. The van der Waals surface area contributed by atoms with Crippen LogP contribution in [0.4, 0.5) is 11.4 Å². The summed E-state index contributed by atoms with van der Waals surface area (Å²) < 4.78 is 1.79. The summed E-state index contributed by atoms with van der Waals surface area (Å²) in [5, 5.41) is 2.84. The Morgan fingerprint density at radius 2 is 2.00 bits per heavy atom. The Morgan fingerprint density at radius 1 is 1.22 bits per heavy atom. The molecule has 0 heterocycles. The predicted octanol–water partition coefficient (Wildman–Crippen LogP) is 3.89. The number of carbonyl (C=O) groups excluding carboxylic acids is 1. The van der Waals surface area contributed by atoms with Crippen LogP contribution in [0.5, 0.6) is 0 Å². The second-order valence-electron chi connectivity index (χ2n) is 3.70. The molecule has 0 aliphatic heterocycles. The Labute approximate surface area is 127 Å². The van der Waals surface area contributed by atoms with Gasteiger partial charge < -0.3 is 11.1 Å². The van der Waals surface area contributed by atoms with Crippen LogP contribution in [-0.2, 0) is 0 Å². The number of anilines is 2. The van der Waals surface area contributed by atoms with E-state index in [1.807, 2.05) is 24.3 Å². The second-order valence-corrected chi connectivity index (χ2v) is 5.80. The van der Waals surface area contributed by atoms with Crippen molar-refractivity contribution in [1.29, 1.82) is 0 Å². The van der Waals surface area contributed by atoms with Gasteiger partial charge in [0.2, 0.25) is 0 Å².